The van der Waals surface area contributed by atoms with Gasteiger partial charge in [-0.05, 0) is 121 Å². The first-order chi connectivity index (χ1) is 64.9. The molecule has 6 rings (SSSR count). The van der Waals surface area contributed by atoms with Crippen LogP contribution in [-0.4, -0.2) is 98.5 Å². The lowest BCUT2D eigenvalue weighted by molar-refractivity contribution is 0.00708. The Morgan fingerprint density at radius 2 is 0.443 bits per heavy atom. The molecular formula is C115H188O16. The highest BCUT2D eigenvalue weighted by atomic mass is 16.6. The monoisotopic (exact) mass is 1830 g/mol. The number of hydrogen-bond donors (Lipinski definition) is 0. The van der Waals surface area contributed by atoms with Crippen molar-refractivity contribution in [2.24, 2.45) is 0 Å². The molecule has 0 spiro atoms. The zero-order chi connectivity index (χ0) is 92.5. The van der Waals surface area contributed by atoms with Gasteiger partial charge in [-0.2, -0.15) is 0 Å². The van der Waals surface area contributed by atoms with Crippen LogP contribution >= 0.6 is 0 Å². The standard InChI is InChI=1S/C115H188O16/c1-7-13-19-25-31-37-43-49-55-61-75-120-104-71-67-99(89-108(104)123-78-64-58-52-46-40-34-28-22-16-10-4)95-128-112-93-103(115(116)131-98-102-70-74-107-111(92-102)127-88-86-119-84-82-117-81-83-118-85-87-126-107)94-113(129-96-100-68-72-105(121-76-62-56-50-44-38-32-26-20-14-8-2)109(90-100)124-79-65-59-53-47-41-35-29-23-17-11-5)114(112)130-97-101-69-73-106(122-77-63-57-51-45-39-33-27-21-15-9-3)110(91-101)125-80-66-60-54-48-42-36-30-24-18-12-6/h67-74,89-94H,7-66,75-88,95-98H2,1-6H3. The Morgan fingerprint density at radius 1 is 0.214 bits per heavy atom. The Labute approximate surface area is 799 Å². The van der Waals surface area contributed by atoms with Crippen LogP contribution in [0, 0.1) is 0 Å². The van der Waals surface area contributed by atoms with Gasteiger partial charge in [-0.1, -0.05) is 413 Å². The molecule has 0 saturated heterocycles. The Balaban J connectivity index is 1.38. The van der Waals surface area contributed by atoms with Crippen LogP contribution in [0.3, 0.4) is 0 Å². The second kappa shape index (κ2) is 80.5. The van der Waals surface area contributed by atoms with Gasteiger partial charge in [0.25, 0.3) is 0 Å². The minimum absolute atomic E-state index is 0.0787. The van der Waals surface area contributed by atoms with E-state index in [0.717, 1.165) is 111 Å². The first-order valence-corrected chi connectivity index (χ1v) is 54.4. The predicted molar refractivity (Wildman–Crippen MR) is 542 cm³/mol. The predicted octanol–water partition coefficient (Wildman–Crippen LogP) is 33.4. The number of carbonyl (C=O) groups excluding carboxylic acids is 1. The second-order valence-corrected chi connectivity index (χ2v) is 37.1. The van der Waals surface area contributed by atoms with Gasteiger partial charge in [0.05, 0.1) is 84.8 Å². The first-order valence-electron chi connectivity index (χ1n) is 54.4. The summed E-state index contributed by atoms with van der Waals surface area (Å²) in [5, 5.41) is 0. The van der Waals surface area contributed by atoms with E-state index in [1.165, 1.54) is 308 Å². The van der Waals surface area contributed by atoms with Crippen molar-refractivity contribution < 1.29 is 75.8 Å². The van der Waals surface area contributed by atoms with E-state index >= 15 is 4.79 Å². The summed E-state index contributed by atoms with van der Waals surface area (Å²) in [5.74, 6) is 5.63. The van der Waals surface area contributed by atoms with E-state index in [0.29, 0.717) is 137 Å². The number of unbranched alkanes of at least 4 members (excludes halogenated alkanes) is 54. The van der Waals surface area contributed by atoms with Crippen LogP contribution in [0.15, 0.2) is 84.9 Å². The average molecular weight is 1830 g/mol. The maximum absolute atomic E-state index is 15.2. The van der Waals surface area contributed by atoms with Crippen molar-refractivity contribution in [1.29, 1.82) is 0 Å². The van der Waals surface area contributed by atoms with Crippen LogP contribution in [-0.2, 0) is 45.4 Å². The molecule has 0 aliphatic carbocycles. The highest BCUT2D eigenvalue weighted by Gasteiger charge is 2.24. The molecule has 0 atom stereocenters. The minimum Gasteiger partial charge on any atom is -0.490 e. The van der Waals surface area contributed by atoms with Gasteiger partial charge in [0.2, 0.25) is 5.75 Å². The molecule has 16 heteroatoms. The molecular weight excluding hydrogens is 1640 g/mol. The molecule has 1 heterocycles. The van der Waals surface area contributed by atoms with Gasteiger partial charge in [-0.25, -0.2) is 4.79 Å². The molecule has 0 amide bonds. The van der Waals surface area contributed by atoms with Crippen molar-refractivity contribution in [2.45, 2.75) is 453 Å². The number of ether oxygens (including phenoxy) is 15. The number of carbonyl (C=O) groups is 1. The van der Waals surface area contributed by atoms with Crippen molar-refractivity contribution in [1.82, 2.24) is 0 Å². The van der Waals surface area contributed by atoms with Crippen LogP contribution < -0.4 is 52.1 Å². The molecule has 5 aromatic carbocycles. The largest absolute Gasteiger partial charge is 0.490 e. The van der Waals surface area contributed by atoms with Crippen LogP contribution in [0.5, 0.6) is 63.2 Å². The summed E-state index contributed by atoms with van der Waals surface area (Å²) < 4.78 is 97.8. The second-order valence-electron chi connectivity index (χ2n) is 37.1. The zero-order valence-electron chi connectivity index (χ0n) is 84.3. The lowest BCUT2D eigenvalue weighted by atomic mass is 10.1. The van der Waals surface area contributed by atoms with Gasteiger partial charge >= 0.3 is 5.97 Å². The van der Waals surface area contributed by atoms with E-state index in [2.05, 4.69) is 77.9 Å². The molecule has 0 radical (unpaired) electrons. The van der Waals surface area contributed by atoms with Crippen molar-refractivity contribution in [2.75, 3.05) is 92.5 Å². The summed E-state index contributed by atoms with van der Waals surface area (Å²) in [6.07, 6.45) is 74.7. The molecule has 0 saturated carbocycles. The van der Waals surface area contributed by atoms with Gasteiger partial charge in [0.1, 0.15) is 39.6 Å². The van der Waals surface area contributed by atoms with E-state index in [1.807, 2.05) is 36.4 Å². The molecule has 0 fully saturated rings. The summed E-state index contributed by atoms with van der Waals surface area (Å²) in [7, 11) is 0. The van der Waals surface area contributed by atoms with E-state index in [1.54, 1.807) is 12.1 Å². The van der Waals surface area contributed by atoms with Crippen molar-refractivity contribution >= 4 is 5.97 Å². The van der Waals surface area contributed by atoms with Crippen molar-refractivity contribution in [3.8, 4) is 63.2 Å². The smallest absolute Gasteiger partial charge is 0.338 e. The lowest BCUT2D eigenvalue weighted by Crippen LogP contribution is -2.13. The Hall–Kier alpha value is -6.75. The van der Waals surface area contributed by atoms with Gasteiger partial charge in [0, 0.05) is 0 Å². The fraction of sp³-hybridized carbons (Fsp3) is 0.730. The maximum atomic E-state index is 15.2. The number of esters is 1. The first kappa shape index (κ1) is 113. The van der Waals surface area contributed by atoms with E-state index in [-0.39, 0.29) is 38.6 Å². The SMILES string of the molecule is CCCCCCCCCCCCOc1ccc(COc2cc(C(=O)OCc3ccc4c(c3)OCCOCCOCCOCCO4)cc(OCc3ccc(OCCCCCCCCCCCC)c(OCCCCCCCCCCCC)c3)c2OCc2ccc(OCCCCCCCCCCCC)c(OCCCCCCCCCCCC)c2)cc1OCCCCCCCCCCCC. The van der Waals surface area contributed by atoms with E-state index in [9.17, 15) is 0 Å². The molecule has 5 aromatic rings. The quantitative estimate of drug-likeness (QED) is 0.0267. The van der Waals surface area contributed by atoms with Crippen molar-refractivity contribution in [3.63, 3.8) is 0 Å². The third kappa shape index (κ3) is 56.4. The molecule has 16 nitrogen and oxygen atoms in total. The molecule has 0 unspecified atom stereocenters. The minimum atomic E-state index is -0.594. The molecule has 1 aliphatic heterocycles. The molecule has 1 aliphatic rings. The van der Waals surface area contributed by atoms with Crippen LogP contribution in [0.2, 0.25) is 0 Å². The van der Waals surface area contributed by atoms with Gasteiger partial charge in [-0.15, -0.1) is 0 Å². The Bertz CT molecular complexity index is 3380. The number of rotatable bonds is 84. The topological polar surface area (TPSA) is 156 Å². The number of fused-ring (bicyclic) bond motifs is 1. The van der Waals surface area contributed by atoms with Crippen LogP contribution in [0.1, 0.15) is 459 Å². The maximum Gasteiger partial charge on any atom is 0.338 e. The molecule has 0 bridgehead atoms. The van der Waals surface area contributed by atoms with Crippen molar-refractivity contribution in [3.05, 3.63) is 113 Å². The highest BCUT2D eigenvalue weighted by Crippen LogP contribution is 2.43. The van der Waals surface area contributed by atoms with Crippen LogP contribution in [0.25, 0.3) is 0 Å². The molecule has 0 aromatic heterocycles. The van der Waals surface area contributed by atoms with E-state index in [4.69, 9.17) is 71.1 Å². The lowest BCUT2D eigenvalue weighted by Gasteiger charge is -2.20. The van der Waals surface area contributed by atoms with Crippen LogP contribution in [0.4, 0.5) is 0 Å². The summed E-state index contributed by atoms with van der Waals surface area (Å²) in [6.45, 7) is 20.6. The number of benzene rings is 5. The summed E-state index contributed by atoms with van der Waals surface area (Å²) in [5.41, 5.74) is 3.47. The summed E-state index contributed by atoms with van der Waals surface area (Å²) >= 11 is 0. The van der Waals surface area contributed by atoms with Gasteiger partial charge in [0.15, 0.2) is 57.5 Å². The van der Waals surface area contributed by atoms with Gasteiger partial charge < -0.3 is 71.1 Å². The highest BCUT2D eigenvalue weighted by molar-refractivity contribution is 5.91. The third-order valence-corrected chi connectivity index (χ3v) is 25.1. The Morgan fingerprint density at radius 3 is 0.725 bits per heavy atom. The average Bonchev–Trinajstić information content (AvgIpc) is 0.802. The third-order valence-electron chi connectivity index (χ3n) is 25.1. The van der Waals surface area contributed by atoms with E-state index < -0.39 is 5.97 Å². The molecule has 744 valence electrons. The fourth-order valence-electron chi connectivity index (χ4n) is 16.9. The Kier molecular flexibility index (Phi) is 69.4. The number of hydrogen-bond acceptors (Lipinski definition) is 16. The zero-order valence-corrected chi connectivity index (χ0v) is 84.3. The fourth-order valence-corrected chi connectivity index (χ4v) is 16.9. The normalized spacial score (nSPS) is 12.6. The summed E-state index contributed by atoms with van der Waals surface area (Å²) in [4.78, 5) is 15.2. The summed E-state index contributed by atoms with van der Waals surface area (Å²) in [6, 6.07) is 27.5. The molecule has 131 heavy (non-hydrogen) atoms. The van der Waals surface area contributed by atoms with Gasteiger partial charge in [-0.3, -0.25) is 0 Å². The molecule has 0 N–H and O–H groups in total.